The molecule has 112 valence electrons. The Balaban J connectivity index is 2.03. The number of fused-ring (bicyclic) bond motifs is 1. The van der Waals surface area contributed by atoms with E-state index in [1.807, 2.05) is 6.92 Å². The summed E-state index contributed by atoms with van der Waals surface area (Å²) in [5.74, 6) is 0.684. The summed E-state index contributed by atoms with van der Waals surface area (Å²) in [7, 11) is 0. The summed E-state index contributed by atoms with van der Waals surface area (Å²) < 4.78 is 3.02. The van der Waals surface area contributed by atoms with Crippen molar-refractivity contribution < 1.29 is 4.79 Å². The molecule has 0 saturated carbocycles. The summed E-state index contributed by atoms with van der Waals surface area (Å²) in [5, 5.41) is 7.21. The minimum atomic E-state index is -0.153. The summed E-state index contributed by atoms with van der Waals surface area (Å²) in [6, 6.07) is 0.142. The summed E-state index contributed by atoms with van der Waals surface area (Å²) in [4.78, 5) is 24.1. The predicted molar refractivity (Wildman–Crippen MR) is 76.6 cm³/mol. The Hall–Kier alpha value is -1.59. The van der Waals surface area contributed by atoms with Crippen molar-refractivity contribution in [3.05, 3.63) is 16.3 Å². The van der Waals surface area contributed by atoms with Crippen molar-refractivity contribution in [3.63, 3.8) is 0 Å². The second-order valence-electron chi connectivity index (χ2n) is 5.58. The van der Waals surface area contributed by atoms with Gasteiger partial charge in [-0.2, -0.15) is 5.10 Å². The van der Waals surface area contributed by atoms with E-state index in [-0.39, 0.29) is 24.2 Å². The normalized spacial score (nSPS) is 16.3. The number of hydrogen-bond donors (Lipinski definition) is 1. The van der Waals surface area contributed by atoms with E-state index in [0.29, 0.717) is 0 Å². The quantitative estimate of drug-likeness (QED) is 0.877. The molecule has 1 aromatic heterocycles. The fourth-order valence-electron chi connectivity index (χ4n) is 2.69. The van der Waals surface area contributed by atoms with Crippen LogP contribution in [0.3, 0.4) is 0 Å². The van der Waals surface area contributed by atoms with Gasteiger partial charge in [0.25, 0.3) is 0 Å². The van der Waals surface area contributed by atoms with Gasteiger partial charge in [0.1, 0.15) is 12.4 Å². The zero-order valence-electron chi connectivity index (χ0n) is 12.4. The van der Waals surface area contributed by atoms with Crippen molar-refractivity contribution in [1.29, 1.82) is 0 Å². The maximum Gasteiger partial charge on any atom is 0.346 e. The van der Waals surface area contributed by atoms with Crippen LogP contribution in [0.2, 0.25) is 0 Å². The fourth-order valence-corrected chi connectivity index (χ4v) is 2.69. The van der Waals surface area contributed by atoms with Crippen LogP contribution in [-0.4, -0.2) is 26.3 Å². The molecular formula is C14H24N4O2. The van der Waals surface area contributed by atoms with Crippen LogP contribution in [0, 0.1) is 0 Å². The van der Waals surface area contributed by atoms with Crippen molar-refractivity contribution in [2.45, 2.75) is 71.5 Å². The third kappa shape index (κ3) is 3.49. The maximum absolute atomic E-state index is 12.2. The third-order valence-electron chi connectivity index (χ3n) is 3.70. The zero-order valence-corrected chi connectivity index (χ0v) is 12.4. The van der Waals surface area contributed by atoms with Crippen molar-refractivity contribution in [2.24, 2.45) is 0 Å². The summed E-state index contributed by atoms with van der Waals surface area (Å²) in [5.41, 5.74) is -0.153. The highest BCUT2D eigenvalue weighted by molar-refractivity contribution is 5.75. The van der Waals surface area contributed by atoms with Crippen LogP contribution >= 0.6 is 0 Å². The van der Waals surface area contributed by atoms with E-state index in [9.17, 15) is 9.59 Å². The molecule has 1 amide bonds. The van der Waals surface area contributed by atoms with Gasteiger partial charge in [-0.25, -0.2) is 9.48 Å². The molecule has 1 aliphatic rings. The number of amides is 1. The van der Waals surface area contributed by atoms with Gasteiger partial charge in [-0.3, -0.25) is 9.36 Å². The monoisotopic (exact) mass is 280 g/mol. The van der Waals surface area contributed by atoms with Gasteiger partial charge < -0.3 is 5.32 Å². The molecule has 0 spiro atoms. The molecule has 1 aliphatic heterocycles. The first-order chi connectivity index (χ1) is 9.61. The smallest absolute Gasteiger partial charge is 0.346 e. The molecule has 0 unspecified atom stereocenters. The molecule has 20 heavy (non-hydrogen) atoms. The van der Waals surface area contributed by atoms with Crippen LogP contribution in [0.25, 0.3) is 0 Å². The molecular weight excluding hydrogens is 256 g/mol. The number of aromatic nitrogens is 3. The third-order valence-corrected chi connectivity index (χ3v) is 3.70. The molecule has 1 atom stereocenters. The standard InChI is InChI=1S/C14H24N4O2/c1-3-7-11(2)15-13(19)10-18-14(20)17-9-6-4-5-8-12(17)16-18/h11H,3-10H2,1-2H3,(H,15,19)/t11-/m1/s1. The first kappa shape index (κ1) is 14.8. The lowest BCUT2D eigenvalue weighted by Gasteiger charge is -2.12. The average Bonchev–Trinajstić information content (AvgIpc) is 2.58. The molecule has 0 radical (unpaired) electrons. The van der Waals surface area contributed by atoms with Gasteiger partial charge in [0.2, 0.25) is 5.91 Å². The molecule has 0 saturated heterocycles. The van der Waals surface area contributed by atoms with Gasteiger partial charge in [0.15, 0.2) is 0 Å². The minimum Gasteiger partial charge on any atom is -0.352 e. The van der Waals surface area contributed by atoms with Gasteiger partial charge in [-0.1, -0.05) is 19.8 Å². The Bertz CT molecular complexity index is 518. The number of nitrogens with one attached hydrogen (secondary N) is 1. The molecule has 2 rings (SSSR count). The van der Waals surface area contributed by atoms with Crippen LogP contribution < -0.4 is 11.0 Å². The lowest BCUT2D eigenvalue weighted by molar-refractivity contribution is -0.122. The number of rotatable bonds is 5. The molecule has 0 aliphatic carbocycles. The molecule has 6 nitrogen and oxygen atoms in total. The fraction of sp³-hybridized carbons (Fsp3) is 0.786. The number of hydrogen-bond acceptors (Lipinski definition) is 3. The van der Waals surface area contributed by atoms with Gasteiger partial charge in [-0.05, 0) is 26.2 Å². The van der Waals surface area contributed by atoms with Crippen LogP contribution in [0.15, 0.2) is 4.79 Å². The largest absolute Gasteiger partial charge is 0.352 e. The van der Waals surface area contributed by atoms with E-state index in [4.69, 9.17) is 0 Å². The van der Waals surface area contributed by atoms with E-state index in [2.05, 4.69) is 17.3 Å². The van der Waals surface area contributed by atoms with E-state index in [0.717, 1.165) is 50.9 Å². The van der Waals surface area contributed by atoms with Crippen LogP contribution in [0.1, 0.15) is 51.8 Å². The molecule has 6 heteroatoms. The SMILES string of the molecule is CCC[C@@H](C)NC(=O)Cn1nc2n(c1=O)CCCCC2. The molecule has 1 N–H and O–H groups in total. The Morgan fingerprint density at radius 1 is 1.40 bits per heavy atom. The second kappa shape index (κ2) is 6.72. The number of carbonyl (C=O) groups is 1. The highest BCUT2D eigenvalue weighted by Gasteiger charge is 2.17. The van der Waals surface area contributed by atoms with Crippen molar-refractivity contribution in [1.82, 2.24) is 19.7 Å². The van der Waals surface area contributed by atoms with E-state index < -0.39 is 0 Å². The lowest BCUT2D eigenvalue weighted by Crippen LogP contribution is -2.38. The van der Waals surface area contributed by atoms with E-state index in [1.54, 1.807) is 4.57 Å². The highest BCUT2D eigenvalue weighted by atomic mass is 16.2. The van der Waals surface area contributed by atoms with Gasteiger partial charge in [0.05, 0.1) is 0 Å². The first-order valence-corrected chi connectivity index (χ1v) is 7.57. The van der Waals surface area contributed by atoms with Gasteiger partial charge in [-0.15, -0.1) is 0 Å². The topological polar surface area (TPSA) is 68.9 Å². The predicted octanol–water partition coefficient (Wildman–Crippen LogP) is 1.08. The first-order valence-electron chi connectivity index (χ1n) is 7.57. The number of aryl methyl sites for hydroxylation is 1. The van der Waals surface area contributed by atoms with Crippen molar-refractivity contribution >= 4 is 5.91 Å². The Kier molecular flexibility index (Phi) is 4.98. The van der Waals surface area contributed by atoms with Crippen molar-refractivity contribution in [2.75, 3.05) is 0 Å². The van der Waals surface area contributed by atoms with E-state index >= 15 is 0 Å². The van der Waals surface area contributed by atoms with Gasteiger partial charge in [0, 0.05) is 19.0 Å². The van der Waals surface area contributed by atoms with Crippen molar-refractivity contribution in [3.8, 4) is 0 Å². The zero-order chi connectivity index (χ0) is 14.5. The Morgan fingerprint density at radius 3 is 2.95 bits per heavy atom. The molecule has 2 heterocycles. The number of nitrogens with zero attached hydrogens (tertiary/aromatic N) is 3. The minimum absolute atomic E-state index is 0.0207. The number of carbonyl (C=O) groups excluding carboxylic acids is 1. The summed E-state index contributed by atoms with van der Waals surface area (Å²) >= 11 is 0. The van der Waals surface area contributed by atoms with Crippen LogP contribution in [0.4, 0.5) is 0 Å². The highest BCUT2D eigenvalue weighted by Crippen LogP contribution is 2.10. The van der Waals surface area contributed by atoms with Crippen LogP contribution in [0.5, 0.6) is 0 Å². The molecule has 1 aromatic rings. The summed E-state index contributed by atoms with van der Waals surface area (Å²) in [6.07, 6.45) is 6.02. The lowest BCUT2D eigenvalue weighted by atomic mass is 10.2. The van der Waals surface area contributed by atoms with Gasteiger partial charge >= 0.3 is 5.69 Å². The average molecular weight is 280 g/mol. The van der Waals surface area contributed by atoms with Crippen LogP contribution in [-0.2, 0) is 24.3 Å². The second-order valence-corrected chi connectivity index (χ2v) is 5.58. The Morgan fingerprint density at radius 2 is 2.20 bits per heavy atom. The molecule has 0 aromatic carbocycles. The molecule has 0 bridgehead atoms. The molecule has 0 fully saturated rings. The van der Waals surface area contributed by atoms with E-state index in [1.165, 1.54) is 4.68 Å². The maximum atomic E-state index is 12.2. The summed E-state index contributed by atoms with van der Waals surface area (Å²) in [6.45, 7) is 4.81. The Labute approximate surface area is 119 Å².